The second kappa shape index (κ2) is 5.86. The highest BCUT2D eigenvalue weighted by atomic mass is 19.4. The second-order valence-corrected chi connectivity index (χ2v) is 4.03. The van der Waals surface area contributed by atoms with Crippen LogP contribution in [-0.2, 0) is 6.54 Å². The van der Waals surface area contributed by atoms with E-state index in [1.54, 1.807) is 31.2 Å². The molecule has 0 aromatic heterocycles. The van der Waals surface area contributed by atoms with E-state index in [2.05, 4.69) is 0 Å². The maximum Gasteiger partial charge on any atom is 0.401 e. The SMILES string of the molecule is CCN(Cc1cccc(C(=N)N)c1)CC(F)(F)F. The largest absolute Gasteiger partial charge is 0.401 e. The monoisotopic (exact) mass is 259 g/mol. The van der Waals surface area contributed by atoms with E-state index in [0.29, 0.717) is 17.7 Å². The van der Waals surface area contributed by atoms with Crippen LogP contribution in [-0.4, -0.2) is 30.0 Å². The minimum absolute atomic E-state index is 0.0873. The number of nitrogens with zero attached hydrogens (tertiary/aromatic N) is 1. The summed E-state index contributed by atoms with van der Waals surface area (Å²) in [4.78, 5) is 1.29. The van der Waals surface area contributed by atoms with E-state index in [1.165, 1.54) is 4.90 Å². The van der Waals surface area contributed by atoms with Gasteiger partial charge in [0.2, 0.25) is 0 Å². The predicted molar refractivity (Wildman–Crippen MR) is 64.5 cm³/mol. The third-order valence-corrected chi connectivity index (χ3v) is 2.49. The van der Waals surface area contributed by atoms with Crippen molar-refractivity contribution in [2.45, 2.75) is 19.6 Å². The van der Waals surface area contributed by atoms with Crippen molar-refractivity contribution >= 4 is 5.84 Å². The number of hydrogen-bond donors (Lipinski definition) is 2. The molecule has 1 aromatic carbocycles. The van der Waals surface area contributed by atoms with Crippen LogP contribution in [0, 0.1) is 5.41 Å². The number of nitrogens with two attached hydrogens (primary N) is 1. The molecule has 0 spiro atoms. The summed E-state index contributed by atoms with van der Waals surface area (Å²) in [6, 6.07) is 6.71. The second-order valence-electron chi connectivity index (χ2n) is 4.03. The predicted octanol–water partition coefficient (Wildman–Crippen LogP) is 2.35. The van der Waals surface area contributed by atoms with Crippen LogP contribution in [0.2, 0.25) is 0 Å². The standard InChI is InChI=1S/C12H16F3N3/c1-2-18(8-12(13,14)15)7-9-4-3-5-10(6-9)11(16)17/h3-6H,2,7-8H2,1H3,(H3,16,17). The Morgan fingerprint density at radius 1 is 1.39 bits per heavy atom. The lowest BCUT2D eigenvalue weighted by Crippen LogP contribution is -2.33. The van der Waals surface area contributed by atoms with E-state index in [4.69, 9.17) is 11.1 Å². The van der Waals surface area contributed by atoms with Gasteiger partial charge in [0.15, 0.2) is 0 Å². The smallest absolute Gasteiger partial charge is 0.384 e. The highest BCUT2D eigenvalue weighted by Crippen LogP contribution is 2.18. The van der Waals surface area contributed by atoms with E-state index in [1.807, 2.05) is 0 Å². The third kappa shape index (κ3) is 4.75. The minimum Gasteiger partial charge on any atom is -0.384 e. The van der Waals surface area contributed by atoms with Gasteiger partial charge in [-0.15, -0.1) is 0 Å². The van der Waals surface area contributed by atoms with E-state index in [-0.39, 0.29) is 12.4 Å². The summed E-state index contributed by atoms with van der Waals surface area (Å²) in [7, 11) is 0. The molecule has 0 radical (unpaired) electrons. The van der Waals surface area contributed by atoms with Gasteiger partial charge in [-0.3, -0.25) is 10.3 Å². The van der Waals surface area contributed by atoms with Gasteiger partial charge in [-0.25, -0.2) is 0 Å². The Labute approximate surface area is 104 Å². The third-order valence-electron chi connectivity index (χ3n) is 2.49. The molecule has 6 heteroatoms. The number of nitrogens with one attached hydrogen (secondary N) is 1. The number of halogens is 3. The molecule has 0 heterocycles. The number of nitrogen functional groups attached to an aromatic ring is 1. The maximum absolute atomic E-state index is 12.3. The Morgan fingerprint density at radius 2 is 2.06 bits per heavy atom. The van der Waals surface area contributed by atoms with Crippen molar-refractivity contribution in [2.75, 3.05) is 13.1 Å². The Hall–Kier alpha value is -1.56. The van der Waals surface area contributed by atoms with E-state index in [9.17, 15) is 13.2 Å². The van der Waals surface area contributed by atoms with Crippen LogP contribution in [0.3, 0.4) is 0 Å². The van der Waals surface area contributed by atoms with Crippen LogP contribution in [0.5, 0.6) is 0 Å². The molecule has 18 heavy (non-hydrogen) atoms. The summed E-state index contributed by atoms with van der Waals surface area (Å²) in [6.07, 6.45) is -4.20. The molecule has 100 valence electrons. The number of hydrogen-bond acceptors (Lipinski definition) is 2. The quantitative estimate of drug-likeness (QED) is 0.630. The maximum atomic E-state index is 12.3. The lowest BCUT2D eigenvalue weighted by atomic mass is 10.1. The molecular formula is C12H16F3N3. The van der Waals surface area contributed by atoms with Crippen LogP contribution < -0.4 is 5.73 Å². The number of benzene rings is 1. The molecule has 3 N–H and O–H groups in total. The van der Waals surface area contributed by atoms with Gasteiger partial charge in [-0.1, -0.05) is 25.1 Å². The lowest BCUT2D eigenvalue weighted by Gasteiger charge is -2.22. The molecule has 3 nitrogen and oxygen atoms in total. The molecule has 0 fully saturated rings. The number of amidine groups is 1. The van der Waals surface area contributed by atoms with Crippen molar-refractivity contribution in [3.8, 4) is 0 Å². The average Bonchev–Trinajstić information content (AvgIpc) is 2.26. The normalized spacial score (nSPS) is 11.8. The molecular weight excluding hydrogens is 243 g/mol. The zero-order chi connectivity index (χ0) is 13.8. The first kappa shape index (κ1) is 14.5. The van der Waals surface area contributed by atoms with Crippen LogP contribution >= 0.6 is 0 Å². The van der Waals surface area contributed by atoms with E-state index >= 15 is 0 Å². The highest BCUT2D eigenvalue weighted by molar-refractivity contribution is 5.95. The summed E-state index contributed by atoms with van der Waals surface area (Å²) >= 11 is 0. The van der Waals surface area contributed by atoms with Gasteiger partial charge < -0.3 is 5.73 Å². The van der Waals surface area contributed by atoms with Crippen molar-refractivity contribution in [2.24, 2.45) is 5.73 Å². The summed E-state index contributed by atoms with van der Waals surface area (Å²) < 4.78 is 36.9. The number of rotatable bonds is 5. The summed E-state index contributed by atoms with van der Waals surface area (Å²) in [5.41, 5.74) is 6.58. The molecule has 0 unspecified atom stereocenters. The van der Waals surface area contributed by atoms with Gasteiger partial charge in [-0.05, 0) is 18.2 Å². The Kier molecular flexibility index (Phi) is 4.72. The van der Waals surface area contributed by atoms with Crippen molar-refractivity contribution in [3.05, 3.63) is 35.4 Å². The molecule has 0 saturated heterocycles. The van der Waals surface area contributed by atoms with Gasteiger partial charge in [0.1, 0.15) is 5.84 Å². The summed E-state index contributed by atoms with van der Waals surface area (Å²) in [6.45, 7) is 1.25. The highest BCUT2D eigenvalue weighted by Gasteiger charge is 2.29. The first-order valence-electron chi connectivity index (χ1n) is 5.54. The van der Waals surface area contributed by atoms with Crippen LogP contribution in [0.15, 0.2) is 24.3 Å². The lowest BCUT2D eigenvalue weighted by molar-refractivity contribution is -0.146. The van der Waals surface area contributed by atoms with E-state index < -0.39 is 12.7 Å². The molecule has 0 amide bonds. The molecule has 1 aromatic rings. The molecule has 0 aliphatic carbocycles. The average molecular weight is 259 g/mol. The zero-order valence-corrected chi connectivity index (χ0v) is 10.1. The first-order valence-corrected chi connectivity index (χ1v) is 5.54. The Morgan fingerprint density at radius 3 is 2.56 bits per heavy atom. The number of alkyl halides is 3. The molecule has 0 bridgehead atoms. The molecule has 1 rings (SSSR count). The van der Waals surface area contributed by atoms with Crippen molar-refractivity contribution in [1.29, 1.82) is 5.41 Å². The van der Waals surface area contributed by atoms with E-state index in [0.717, 1.165) is 0 Å². The van der Waals surface area contributed by atoms with Crippen LogP contribution in [0.1, 0.15) is 18.1 Å². The minimum atomic E-state index is -4.20. The molecule has 0 saturated carbocycles. The van der Waals surface area contributed by atoms with Crippen molar-refractivity contribution < 1.29 is 13.2 Å². The summed E-state index contributed by atoms with van der Waals surface area (Å²) in [5, 5.41) is 7.29. The molecule has 0 aliphatic rings. The first-order chi connectivity index (χ1) is 8.31. The van der Waals surface area contributed by atoms with Gasteiger partial charge in [0.05, 0.1) is 6.54 Å². The van der Waals surface area contributed by atoms with Crippen LogP contribution in [0.25, 0.3) is 0 Å². The molecule has 0 aliphatic heterocycles. The zero-order valence-electron chi connectivity index (χ0n) is 10.1. The topological polar surface area (TPSA) is 53.1 Å². The van der Waals surface area contributed by atoms with Gasteiger partial charge in [0, 0.05) is 12.1 Å². The summed E-state index contributed by atoms with van der Waals surface area (Å²) in [5.74, 6) is -0.0873. The fraction of sp³-hybridized carbons (Fsp3) is 0.417. The van der Waals surface area contributed by atoms with Crippen molar-refractivity contribution in [1.82, 2.24) is 4.90 Å². The Balaban J connectivity index is 2.76. The Bertz CT molecular complexity index is 415. The van der Waals surface area contributed by atoms with Crippen molar-refractivity contribution in [3.63, 3.8) is 0 Å². The molecule has 0 atom stereocenters. The van der Waals surface area contributed by atoms with Crippen LogP contribution in [0.4, 0.5) is 13.2 Å². The van der Waals surface area contributed by atoms with Gasteiger partial charge in [-0.2, -0.15) is 13.2 Å². The van der Waals surface area contributed by atoms with Gasteiger partial charge >= 0.3 is 6.18 Å². The van der Waals surface area contributed by atoms with Gasteiger partial charge in [0.25, 0.3) is 0 Å². The fourth-order valence-corrected chi connectivity index (χ4v) is 1.63. The fourth-order valence-electron chi connectivity index (χ4n) is 1.63.